The maximum atomic E-state index is 11.6. The molecule has 0 aliphatic heterocycles. The van der Waals surface area contributed by atoms with Crippen LogP contribution in [0.15, 0.2) is 24.3 Å². The van der Waals surface area contributed by atoms with Gasteiger partial charge in [0.1, 0.15) is 0 Å². The van der Waals surface area contributed by atoms with E-state index in [0.29, 0.717) is 12.8 Å². The number of amides is 1. The van der Waals surface area contributed by atoms with Crippen LogP contribution in [0.3, 0.4) is 0 Å². The van der Waals surface area contributed by atoms with E-state index in [2.05, 4.69) is 18.3 Å². The molecule has 96 valence electrons. The van der Waals surface area contributed by atoms with Gasteiger partial charge in [-0.25, -0.2) is 0 Å². The first kappa shape index (κ1) is 14.2. The summed E-state index contributed by atoms with van der Waals surface area (Å²) < 4.78 is 0. The van der Waals surface area contributed by atoms with Gasteiger partial charge < -0.3 is 5.32 Å². The lowest BCUT2D eigenvalue weighted by atomic mass is 10.1. The fraction of sp³-hybridized carbons (Fsp3) is 0.467. The Morgan fingerprint density at radius 3 is 2.56 bits per heavy atom. The third kappa shape index (κ3) is 5.49. The second-order valence-electron chi connectivity index (χ2n) is 4.39. The molecule has 1 amide bonds. The Morgan fingerprint density at radius 1 is 1.22 bits per heavy atom. The van der Waals surface area contributed by atoms with Crippen LogP contribution in [-0.4, -0.2) is 5.91 Å². The van der Waals surface area contributed by atoms with E-state index in [-0.39, 0.29) is 5.91 Å². The van der Waals surface area contributed by atoms with E-state index in [1.165, 1.54) is 12.8 Å². The SMILES string of the molecule is CCCCCCC(=O)Nc1ccc(CC#N)cc1. The van der Waals surface area contributed by atoms with Crippen LogP contribution in [0.25, 0.3) is 0 Å². The first-order valence-electron chi connectivity index (χ1n) is 6.52. The molecule has 0 unspecified atom stereocenters. The highest BCUT2D eigenvalue weighted by molar-refractivity contribution is 5.90. The molecule has 3 heteroatoms. The third-order valence-corrected chi connectivity index (χ3v) is 2.78. The summed E-state index contributed by atoms with van der Waals surface area (Å²) in [6.07, 6.45) is 5.43. The smallest absolute Gasteiger partial charge is 0.224 e. The Bertz CT molecular complexity index is 403. The summed E-state index contributed by atoms with van der Waals surface area (Å²) in [6, 6.07) is 9.53. The lowest BCUT2D eigenvalue weighted by molar-refractivity contribution is -0.116. The molecule has 0 aliphatic rings. The summed E-state index contributed by atoms with van der Waals surface area (Å²) in [5.74, 6) is 0.0686. The Kier molecular flexibility index (Phi) is 6.56. The number of rotatable bonds is 7. The van der Waals surface area contributed by atoms with Gasteiger partial charge in [0.2, 0.25) is 5.91 Å². The highest BCUT2D eigenvalue weighted by Crippen LogP contribution is 2.11. The van der Waals surface area contributed by atoms with E-state index in [1.807, 2.05) is 24.3 Å². The number of unbranched alkanes of at least 4 members (excludes halogenated alkanes) is 3. The number of carbonyl (C=O) groups is 1. The van der Waals surface area contributed by atoms with E-state index in [9.17, 15) is 4.79 Å². The summed E-state index contributed by atoms with van der Waals surface area (Å²) in [5, 5.41) is 11.4. The van der Waals surface area contributed by atoms with Gasteiger partial charge in [-0.15, -0.1) is 0 Å². The Hall–Kier alpha value is -1.82. The van der Waals surface area contributed by atoms with E-state index in [4.69, 9.17) is 5.26 Å². The second kappa shape index (κ2) is 8.30. The molecule has 0 atom stereocenters. The van der Waals surface area contributed by atoms with Crippen molar-refractivity contribution in [1.82, 2.24) is 0 Å². The molecule has 18 heavy (non-hydrogen) atoms. The molecule has 0 saturated heterocycles. The first-order chi connectivity index (χ1) is 8.76. The fourth-order valence-corrected chi connectivity index (χ4v) is 1.73. The zero-order valence-corrected chi connectivity index (χ0v) is 10.9. The first-order valence-corrected chi connectivity index (χ1v) is 6.52. The predicted octanol–water partition coefficient (Wildman–Crippen LogP) is 3.66. The van der Waals surface area contributed by atoms with Gasteiger partial charge in [0, 0.05) is 12.1 Å². The van der Waals surface area contributed by atoms with E-state index < -0.39 is 0 Å². The largest absolute Gasteiger partial charge is 0.326 e. The molecule has 1 N–H and O–H groups in total. The maximum absolute atomic E-state index is 11.6. The zero-order chi connectivity index (χ0) is 13.2. The van der Waals surface area contributed by atoms with Crippen LogP contribution in [0.1, 0.15) is 44.6 Å². The molecule has 0 bridgehead atoms. The summed E-state index contributed by atoms with van der Waals surface area (Å²) in [5.41, 5.74) is 1.77. The highest BCUT2D eigenvalue weighted by Gasteiger charge is 2.02. The number of benzene rings is 1. The number of nitriles is 1. The molecular formula is C15H20N2O. The van der Waals surface area contributed by atoms with Crippen LogP contribution in [0.2, 0.25) is 0 Å². The zero-order valence-electron chi connectivity index (χ0n) is 10.9. The molecule has 0 spiro atoms. The number of nitrogens with one attached hydrogen (secondary N) is 1. The second-order valence-corrected chi connectivity index (χ2v) is 4.39. The normalized spacial score (nSPS) is 9.78. The standard InChI is InChI=1S/C15H20N2O/c1-2-3-4-5-6-15(18)17-14-9-7-13(8-10-14)11-12-16/h7-10H,2-6,11H2,1H3,(H,17,18). The van der Waals surface area contributed by atoms with Crippen molar-refractivity contribution in [3.63, 3.8) is 0 Å². The molecule has 0 aliphatic carbocycles. The molecule has 0 saturated carbocycles. The highest BCUT2D eigenvalue weighted by atomic mass is 16.1. The van der Waals surface area contributed by atoms with Crippen molar-refractivity contribution in [2.45, 2.75) is 45.4 Å². The van der Waals surface area contributed by atoms with Crippen molar-refractivity contribution < 1.29 is 4.79 Å². The van der Waals surface area contributed by atoms with Crippen LogP contribution in [0, 0.1) is 11.3 Å². The minimum absolute atomic E-state index is 0.0686. The van der Waals surface area contributed by atoms with E-state index in [1.54, 1.807) is 0 Å². The van der Waals surface area contributed by atoms with Gasteiger partial charge in [0.05, 0.1) is 12.5 Å². The van der Waals surface area contributed by atoms with Gasteiger partial charge >= 0.3 is 0 Å². The topological polar surface area (TPSA) is 52.9 Å². The molecule has 0 fully saturated rings. The third-order valence-electron chi connectivity index (χ3n) is 2.78. The van der Waals surface area contributed by atoms with Crippen LogP contribution < -0.4 is 5.32 Å². The Morgan fingerprint density at radius 2 is 1.94 bits per heavy atom. The lowest BCUT2D eigenvalue weighted by Gasteiger charge is -2.05. The van der Waals surface area contributed by atoms with Crippen molar-refractivity contribution in [3.05, 3.63) is 29.8 Å². The van der Waals surface area contributed by atoms with Crippen LogP contribution >= 0.6 is 0 Å². The lowest BCUT2D eigenvalue weighted by Crippen LogP contribution is -2.10. The number of carbonyl (C=O) groups excluding carboxylic acids is 1. The Labute approximate surface area is 109 Å². The van der Waals surface area contributed by atoms with Crippen molar-refractivity contribution in [2.75, 3.05) is 5.32 Å². The van der Waals surface area contributed by atoms with Crippen molar-refractivity contribution >= 4 is 11.6 Å². The van der Waals surface area contributed by atoms with Gasteiger partial charge in [0.25, 0.3) is 0 Å². The molecular weight excluding hydrogens is 224 g/mol. The van der Waals surface area contributed by atoms with Gasteiger partial charge in [-0.2, -0.15) is 5.26 Å². The summed E-state index contributed by atoms with van der Waals surface area (Å²) >= 11 is 0. The minimum Gasteiger partial charge on any atom is -0.326 e. The molecule has 0 aromatic heterocycles. The summed E-state index contributed by atoms with van der Waals surface area (Å²) in [4.78, 5) is 11.6. The maximum Gasteiger partial charge on any atom is 0.224 e. The van der Waals surface area contributed by atoms with Crippen LogP contribution in [-0.2, 0) is 11.2 Å². The monoisotopic (exact) mass is 244 g/mol. The van der Waals surface area contributed by atoms with E-state index >= 15 is 0 Å². The molecule has 1 rings (SSSR count). The summed E-state index contributed by atoms with van der Waals surface area (Å²) in [6.45, 7) is 2.16. The molecule has 1 aromatic rings. The number of anilines is 1. The number of hydrogen-bond acceptors (Lipinski definition) is 2. The molecule has 1 aromatic carbocycles. The van der Waals surface area contributed by atoms with Gasteiger partial charge in [-0.05, 0) is 24.1 Å². The van der Waals surface area contributed by atoms with Crippen LogP contribution in [0.5, 0.6) is 0 Å². The van der Waals surface area contributed by atoms with Crippen LogP contribution in [0.4, 0.5) is 5.69 Å². The van der Waals surface area contributed by atoms with Crippen molar-refractivity contribution in [3.8, 4) is 6.07 Å². The fourth-order valence-electron chi connectivity index (χ4n) is 1.73. The molecule has 0 radical (unpaired) electrons. The van der Waals surface area contributed by atoms with Gasteiger partial charge in [-0.3, -0.25) is 4.79 Å². The average molecular weight is 244 g/mol. The van der Waals surface area contributed by atoms with Gasteiger partial charge in [0.15, 0.2) is 0 Å². The van der Waals surface area contributed by atoms with Crippen molar-refractivity contribution in [2.24, 2.45) is 0 Å². The summed E-state index contributed by atoms with van der Waals surface area (Å²) in [7, 11) is 0. The number of hydrogen-bond donors (Lipinski definition) is 1. The van der Waals surface area contributed by atoms with E-state index in [0.717, 1.165) is 24.1 Å². The molecule has 0 heterocycles. The molecule has 3 nitrogen and oxygen atoms in total. The minimum atomic E-state index is 0.0686. The quantitative estimate of drug-likeness (QED) is 0.744. The van der Waals surface area contributed by atoms with Crippen molar-refractivity contribution in [1.29, 1.82) is 5.26 Å². The van der Waals surface area contributed by atoms with Gasteiger partial charge in [-0.1, -0.05) is 38.3 Å². The average Bonchev–Trinajstić information content (AvgIpc) is 2.37. The number of nitrogens with zero attached hydrogens (tertiary/aromatic N) is 1. The Balaban J connectivity index is 2.33. The predicted molar refractivity (Wildman–Crippen MR) is 73.1 cm³/mol.